The van der Waals surface area contributed by atoms with Crippen molar-refractivity contribution in [3.8, 4) is 33.4 Å². The van der Waals surface area contributed by atoms with Crippen LogP contribution in [0.15, 0.2) is 217 Å². The minimum absolute atomic E-state index is 0.0643. The van der Waals surface area contributed by atoms with Gasteiger partial charge in [0.1, 0.15) is 5.58 Å². The van der Waals surface area contributed by atoms with Crippen molar-refractivity contribution in [2.24, 2.45) is 0 Å². The summed E-state index contributed by atoms with van der Waals surface area (Å²) in [5.74, 6) is 0. The third-order valence-corrected chi connectivity index (χ3v) is 14.5. The lowest BCUT2D eigenvalue weighted by Crippen LogP contribution is -2.40. The molecule has 0 atom stereocenters. The minimum atomic E-state index is -0.612. The fourth-order valence-electron chi connectivity index (χ4n) is 11.0. The molecule has 1 aromatic heterocycles. The Kier molecular flexibility index (Phi) is 9.97. The molecule has 9 aromatic carbocycles. The SMILES string of the molecule is CC(C)(C)c1ccc(N2c3cc(-c4ccccc4)cc(-c4cccc5c4Nc4ccccc4C5(c4ccccc4)c4ccccc4)c3[B]c3oc4ccc(C(C)(C)C)cc4c32)c(-c2ccccc2)c1. The molecule has 0 bridgehead atoms. The summed E-state index contributed by atoms with van der Waals surface area (Å²) in [6.07, 6.45) is 0. The van der Waals surface area contributed by atoms with Gasteiger partial charge < -0.3 is 14.6 Å². The third-order valence-electron chi connectivity index (χ3n) is 14.5. The minimum Gasteiger partial charge on any atom is -0.469 e. The lowest BCUT2D eigenvalue weighted by atomic mass is 9.59. The second kappa shape index (κ2) is 16.2. The van der Waals surface area contributed by atoms with E-state index in [9.17, 15) is 0 Å². The van der Waals surface area contributed by atoms with E-state index in [4.69, 9.17) is 4.42 Å². The second-order valence-electron chi connectivity index (χ2n) is 20.8. The van der Waals surface area contributed by atoms with Gasteiger partial charge in [0.25, 0.3) is 0 Å². The normalized spacial score (nSPS) is 13.7. The largest absolute Gasteiger partial charge is 0.469 e. The van der Waals surface area contributed by atoms with E-state index in [0.717, 1.165) is 78.3 Å². The molecule has 3 nitrogen and oxygen atoms in total. The highest BCUT2D eigenvalue weighted by Crippen LogP contribution is 2.56. The summed E-state index contributed by atoms with van der Waals surface area (Å²) in [6, 6.07) is 78.2. The van der Waals surface area contributed by atoms with Gasteiger partial charge in [-0.15, -0.1) is 0 Å². The number of rotatable bonds is 6. The standard InChI is InChI=1S/C65H54BN2O/c1-63(2,3)47-34-36-56(50(40-47)43-24-13-8-14-25-43)68-57-39-44(42-22-11-7-12-23-42)38-51(59(57)66-62-61(68)52-41-48(64(4,5)6)35-37-58(52)69-62)49-30-21-32-54-60(49)67-55-33-20-19-31-53(55)65(54,45-26-15-9-16-27-45)46-28-17-10-18-29-46/h7-41,67H,1-6H3. The molecule has 0 saturated carbocycles. The van der Waals surface area contributed by atoms with Gasteiger partial charge in [0.05, 0.1) is 28.1 Å². The van der Waals surface area contributed by atoms with E-state index in [1.165, 1.54) is 38.9 Å². The zero-order chi connectivity index (χ0) is 47.1. The van der Waals surface area contributed by atoms with Crippen LogP contribution in [0.4, 0.5) is 28.4 Å². The number of nitrogens with one attached hydrogen (secondary N) is 1. The maximum absolute atomic E-state index is 7.09. The van der Waals surface area contributed by atoms with Crippen molar-refractivity contribution in [2.75, 3.05) is 10.2 Å². The fourth-order valence-corrected chi connectivity index (χ4v) is 11.0. The lowest BCUT2D eigenvalue weighted by molar-refractivity contribution is 0.590. The van der Waals surface area contributed by atoms with Crippen LogP contribution in [0.25, 0.3) is 44.3 Å². The predicted molar refractivity (Wildman–Crippen MR) is 291 cm³/mol. The molecule has 0 fully saturated rings. The Bertz CT molecular complexity index is 3520. The lowest BCUT2D eigenvalue weighted by Gasteiger charge is -2.43. The smallest absolute Gasteiger partial charge is 0.247 e. The average Bonchev–Trinajstić information content (AvgIpc) is 3.75. The van der Waals surface area contributed by atoms with Gasteiger partial charge in [-0.05, 0) is 114 Å². The van der Waals surface area contributed by atoms with Crippen LogP contribution in [-0.4, -0.2) is 7.28 Å². The van der Waals surface area contributed by atoms with Crippen LogP contribution in [0.3, 0.4) is 0 Å². The molecule has 2 aliphatic heterocycles. The number of anilines is 5. The Hall–Kier alpha value is -7.82. The maximum atomic E-state index is 7.09. The number of furan rings is 1. The molecule has 0 saturated heterocycles. The summed E-state index contributed by atoms with van der Waals surface area (Å²) in [7, 11) is 2.31. The van der Waals surface area contributed by atoms with Crippen molar-refractivity contribution >= 4 is 57.8 Å². The summed E-state index contributed by atoms with van der Waals surface area (Å²) in [6.45, 7) is 13.8. The fraction of sp³-hybridized carbons (Fsp3) is 0.138. The molecule has 0 amide bonds. The van der Waals surface area contributed by atoms with Crippen LogP contribution in [0.1, 0.15) is 74.9 Å². The number of fused-ring (bicyclic) bond motifs is 6. The number of hydrogen-bond donors (Lipinski definition) is 1. The van der Waals surface area contributed by atoms with E-state index in [2.05, 4.69) is 271 Å². The molecule has 12 rings (SSSR count). The molecule has 0 unspecified atom stereocenters. The number of para-hydroxylation sites is 2. The number of nitrogens with zero attached hydrogens (tertiary/aromatic N) is 1. The molecule has 1 radical (unpaired) electrons. The van der Waals surface area contributed by atoms with Crippen LogP contribution in [0.2, 0.25) is 0 Å². The molecule has 0 spiro atoms. The van der Waals surface area contributed by atoms with Crippen molar-refractivity contribution in [3.63, 3.8) is 0 Å². The Labute approximate surface area is 407 Å². The Balaban J connectivity index is 1.20. The molecule has 10 aromatic rings. The highest BCUT2D eigenvalue weighted by atomic mass is 16.3. The zero-order valence-electron chi connectivity index (χ0n) is 40.1. The van der Waals surface area contributed by atoms with Gasteiger partial charge in [0.15, 0.2) is 0 Å². The highest BCUT2D eigenvalue weighted by Gasteiger charge is 2.45. The topological polar surface area (TPSA) is 28.4 Å². The van der Waals surface area contributed by atoms with Crippen LogP contribution in [0, 0.1) is 0 Å². The zero-order valence-corrected chi connectivity index (χ0v) is 40.1. The Morgan fingerprint density at radius 3 is 1.71 bits per heavy atom. The first-order valence-electron chi connectivity index (χ1n) is 24.3. The summed E-state index contributed by atoms with van der Waals surface area (Å²) >= 11 is 0. The molecule has 69 heavy (non-hydrogen) atoms. The van der Waals surface area contributed by atoms with Crippen molar-refractivity contribution in [2.45, 2.75) is 57.8 Å². The molecule has 3 heterocycles. The average molecular weight is 890 g/mol. The quantitative estimate of drug-likeness (QED) is 0.169. The monoisotopic (exact) mass is 889 g/mol. The molecule has 333 valence electrons. The van der Waals surface area contributed by atoms with Crippen molar-refractivity contribution in [1.29, 1.82) is 0 Å². The molecule has 4 heteroatoms. The molecular formula is C65H54BN2O. The van der Waals surface area contributed by atoms with E-state index < -0.39 is 5.41 Å². The first-order valence-corrected chi connectivity index (χ1v) is 24.3. The van der Waals surface area contributed by atoms with Crippen LogP contribution < -0.4 is 21.3 Å². The van der Waals surface area contributed by atoms with Gasteiger partial charge in [-0.1, -0.05) is 211 Å². The van der Waals surface area contributed by atoms with Gasteiger partial charge >= 0.3 is 0 Å². The first kappa shape index (κ1) is 42.5. The van der Waals surface area contributed by atoms with Crippen molar-refractivity contribution < 1.29 is 4.42 Å². The highest BCUT2D eigenvalue weighted by molar-refractivity contribution is 6.73. The third kappa shape index (κ3) is 6.95. The Morgan fingerprint density at radius 1 is 0.464 bits per heavy atom. The van der Waals surface area contributed by atoms with Crippen molar-refractivity contribution in [3.05, 3.63) is 246 Å². The number of benzene rings is 9. The van der Waals surface area contributed by atoms with Crippen LogP contribution >= 0.6 is 0 Å². The molecule has 0 aliphatic carbocycles. The van der Waals surface area contributed by atoms with Gasteiger partial charge in [-0.2, -0.15) is 0 Å². The summed E-state index contributed by atoms with van der Waals surface area (Å²) in [4.78, 5) is 2.52. The molecule has 1 N–H and O–H groups in total. The van der Waals surface area contributed by atoms with E-state index in [-0.39, 0.29) is 10.8 Å². The van der Waals surface area contributed by atoms with E-state index in [0.29, 0.717) is 0 Å². The maximum Gasteiger partial charge on any atom is 0.247 e. The second-order valence-corrected chi connectivity index (χ2v) is 20.8. The van der Waals surface area contributed by atoms with Gasteiger partial charge in [-0.3, -0.25) is 0 Å². The van der Waals surface area contributed by atoms with Crippen molar-refractivity contribution in [1.82, 2.24) is 0 Å². The predicted octanol–water partition coefficient (Wildman–Crippen LogP) is 15.9. The van der Waals surface area contributed by atoms with E-state index in [1.54, 1.807) is 0 Å². The summed E-state index contributed by atoms with van der Waals surface area (Å²) in [5.41, 5.74) is 21.7. The van der Waals surface area contributed by atoms with Gasteiger partial charge in [0, 0.05) is 27.9 Å². The number of hydrogen-bond acceptors (Lipinski definition) is 3. The van der Waals surface area contributed by atoms with Gasteiger partial charge in [0.2, 0.25) is 7.28 Å². The first-order chi connectivity index (χ1) is 33.5. The Morgan fingerprint density at radius 2 is 1.04 bits per heavy atom. The summed E-state index contributed by atoms with van der Waals surface area (Å²) in [5, 5.41) is 5.17. The summed E-state index contributed by atoms with van der Waals surface area (Å²) < 4.78 is 7.09. The van der Waals surface area contributed by atoms with E-state index in [1.807, 2.05) is 0 Å². The van der Waals surface area contributed by atoms with Crippen LogP contribution in [-0.2, 0) is 16.2 Å². The van der Waals surface area contributed by atoms with Crippen LogP contribution in [0.5, 0.6) is 0 Å². The molecular weight excluding hydrogens is 836 g/mol. The molecule has 2 aliphatic rings. The van der Waals surface area contributed by atoms with Gasteiger partial charge in [-0.25, -0.2) is 0 Å². The van der Waals surface area contributed by atoms with E-state index >= 15 is 0 Å².